The molecule has 144 valence electrons. The lowest BCUT2D eigenvalue weighted by Crippen LogP contribution is -2.55. The van der Waals surface area contributed by atoms with Gasteiger partial charge >= 0.3 is 6.09 Å². The van der Waals surface area contributed by atoms with Gasteiger partial charge in [-0.1, -0.05) is 30.3 Å². The third-order valence-corrected chi connectivity index (χ3v) is 5.95. The molecule has 1 aromatic rings. The van der Waals surface area contributed by atoms with E-state index in [1.54, 1.807) is 20.8 Å². The monoisotopic (exact) mass is 382 g/mol. The first kappa shape index (κ1) is 20.2. The van der Waals surface area contributed by atoms with Crippen molar-refractivity contribution in [2.75, 3.05) is 25.4 Å². The van der Waals surface area contributed by atoms with Gasteiger partial charge in [0.15, 0.2) is 15.1 Å². The Kier molecular flexibility index (Phi) is 6.28. The summed E-state index contributed by atoms with van der Waals surface area (Å²) < 4.78 is 29.8. The SMILES string of the molecule is CC(C)(C)OC(=O)N1CCS(=O)(=O)C(C(=O)NCCc2ccccc2)C1. The van der Waals surface area contributed by atoms with Crippen LogP contribution in [0.4, 0.5) is 4.79 Å². The molecule has 1 aliphatic rings. The van der Waals surface area contributed by atoms with Crippen molar-refractivity contribution in [1.82, 2.24) is 10.2 Å². The van der Waals surface area contributed by atoms with E-state index in [1.807, 2.05) is 30.3 Å². The maximum atomic E-state index is 12.4. The molecule has 1 aromatic carbocycles. The third kappa shape index (κ3) is 5.72. The quantitative estimate of drug-likeness (QED) is 0.849. The zero-order valence-corrected chi connectivity index (χ0v) is 16.2. The van der Waals surface area contributed by atoms with Crippen molar-refractivity contribution in [3.05, 3.63) is 35.9 Å². The molecular formula is C18H26N2O5S. The summed E-state index contributed by atoms with van der Waals surface area (Å²) >= 11 is 0. The molecule has 1 fully saturated rings. The Labute approximate surface area is 154 Å². The molecule has 7 nitrogen and oxygen atoms in total. The number of carbonyl (C=O) groups is 2. The number of carbonyl (C=O) groups excluding carboxylic acids is 2. The van der Waals surface area contributed by atoms with Crippen LogP contribution in [0.1, 0.15) is 26.3 Å². The van der Waals surface area contributed by atoms with Crippen molar-refractivity contribution in [1.29, 1.82) is 0 Å². The Hall–Kier alpha value is -2.09. The number of nitrogens with zero attached hydrogens (tertiary/aromatic N) is 1. The van der Waals surface area contributed by atoms with Gasteiger partial charge in [0.2, 0.25) is 5.91 Å². The molecule has 1 unspecified atom stereocenters. The second kappa shape index (κ2) is 8.07. The van der Waals surface area contributed by atoms with Crippen LogP contribution in [-0.2, 0) is 25.8 Å². The number of hydrogen-bond acceptors (Lipinski definition) is 5. The second-order valence-corrected chi connectivity index (χ2v) is 9.61. The van der Waals surface area contributed by atoms with Gasteiger partial charge in [0, 0.05) is 19.6 Å². The Balaban J connectivity index is 1.95. The molecule has 0 aliphatic carbocycles. The zero-order valence-electron chi connectivity index (χ0n) is 15.4. The molecule has 1 aliphatic heterocycles. The minimum absolute atomic E-state index is 0.0328. The summed E-state index contributed by atoms with van der Waals surface area (Å²) in [5.41, 5.74) is 0.371. The minimum atomic E-state index is -3.59. The smallest absolute Gasteiger partial charge is 0.410 e. The molecule has 0 spiro atoms. The number of ether oxygens (including phenoxy) is 1. The lowest BCUT2D eigenvalue weighted by Gasteiger charge is -2.33. The predicted octanol–water partition coefficient (Wildman–Crippen LogP) is 1.38. The van der Waals surface area contributed by atoms with E-state index in [0.717, 1.165) is 5.56 Å². The summed E-state index contributed by atoms with van der Waals surface area (Å²) in [6.07, 6.45) is 0.00395. The number of sulfone groups is 1. The maximum absolute atomic E-state index is 12.4. The van der Waals surface area contributed by atoms with Gasteiger partial charge in [0.1, 0.15) is 5.60 Å². The van der Waals surface area contributed by atoms with Crippen LogP contribution in [0.25, 0.3) is 0 Å². The van der Waals surface area contributed by atoms with Crippen LogP contribution in [0, 0.1) is 0 Å². The van der Waals surface area contributed by atoms with Gasteiger partial charge < -0.3 is 15.0 Å². The largest absolute Gasteiger partial charge is 0.444 e. The van der Waals surface area contributed by atoms with E-state index in [4.69, 9.17) is 4.74 Å². The molecule has 1 N–H and O–H groups in total. The maximum Gasteiger partial charge on any atom is 0.410 e. The van der Waals surface area contributed by atoms with Crippen molar-refractivity contribution in [2.45, 2.75) is 38.0 Å². The van der Waals surface area contributed by atoms with E-state index >= 15 is 0 Å². The van der Waals surface area contributed by atoms with Crippen LogP contribution in [0.15, 0.2) is 30.3 Å². The van der Waals surface area contributed by atoms with Crippen LogP contribution in [0.2, 0.25) is 0 Å². The normalized spacial score (nSPS) is 19.7. The summed E-state index contributed by atoms with van der Waals surface area (Å²) in [6, 6.07) is 9.59. The first-order valence-electron chi connectivity index (χ1n) is 8.59. The molecule has 0 radical (unpaired) electrons. The van der Waals surface area contributed by atoms with Crippen LogP contribution < -0.4 is 5.32 Å². The summed E-state index contributed by atoms with van der Waals surface area (Å²) in [4.78, 5) is 25.8. The van der Waals surface area contributed by atoms with Gasteiger partial charge in [0.25, 0.3) is 0 Å². The summed E-state index contributed by atoms with van der Waals surface area (Å²) in [5.74, 6) is -0.822. The van der Waals surface area contributed by atoms with E-state index in [-0.39, 0.29) is 18.8 Å². The highest BCUT2D eigenvalue weighted by molar-refractivity contribution is 7.92. The van der Waals surface area contributed by atoms with Crippen molar-refractivity contribution in [2.24, 2.45) is 0 Å². The van der Waals surface area contributed by atoms with Gasteiger partial charge in [-0.05, 0) is 32.8 Å². The lowest BCUT2D eigenvalue weighted by atomic mass is 10.1. The van der Waals surface area contributed by atoms with Crippen molar-refractivity contribution >= 4 is 21.8 Å². The highest BCUT2D eigenvalue weighted by atomic mass is 32.2. The second-order valence-electron chi connectivity index (χ2n) is 7.31. The fourth-order valence-electron chi connectivity index (χ4n) is 2.61. The number of hydrogen-bond donors (Lipinski definition) is 1. The summed E-state index contributed by atoms with van der Waals surface area (Å²) in [7, 11) is -3.59. The standard InChI is InChI=1S/C18H26N2O5S/c1-18(2,3)25-17(22)20-11-12-26(23,24)15(13-20)16(21)19-10-9-14-7-5-4-6-8-14/h4-8,15H,9-13H2,1-3H3,(H,19,21). The Morgan fingerprint density at radius 2 is 1.88 bits per heavy atom. The number of nitrogens with one attached hydrogen (secondary N) is 1. The molecule has 1 heterocycles. The topological polar surface area (TPSA) is 92.8 Å². The van der Waals surface area contributed by atoms with E-state index in [1.165, 1.54) is 4.90 Å². The number of rotatable bonds is 4. The first-order valence-corrected chi connectivity index (χ1v) is 10.3. The molecular weight excluding hydrogens is 356 g/mol. The molecule has 26 heavy (non-hydrogen) atoms. The van der Waals surface area contributed by atoms with E-state index < -0.39 is 32.7 Å². The average molecular weight is 382 g/mol. The van der Waals surface area contributed by atoms with Crippen LogP contribution in [0.5, 0.6) is 0 Å². The van der Waals surface area contributed by atoms with E-state index in [9.17, 15) is 18.0 Å². The fourth-order valence-corrected chi connectivity index (χ4v) is 4.19. The van der Waals surface area contributed by atoms with Crippen molar-refractivity contribution in [3.63, 3.8) is 0 Å². The summed E-state index contributed by atoms with van der Waals surface area (Å²) in [6.45, 7) is 5.39. The average Bonchev–Trinajstić information content (AvgIpc) is 2.53. The highest BCUT2D eigenvalue weighted by Gasteiger charge is 2.40. The highest BCUT2D eigenvalue weighted by Crippen LogP contribution is 2.17. The lowest BCUT2D eigenvalue weighted by molar-refractivity contribution is -0.121. The molecule has 2 amide bonds. The van der Waals surface area contributed by atoms with Gasteiger partial charge in [-0.3, -0.25) is 4.79 Å². The van der Waals surface area contributed by atoms with Crippen LogP contribution in [-0.4, -0.2) is 61.6 Å². The van der Waals surface area contributed by atoms with Gasteiger partial charge in [-0.2, -0.15) is 0 Å². The van der Waals surface area contributed by atoms with Crippen LogP contribution >= 0.6 is 0 Å². The molecule has 2 rings (SSSR count). The molecule has 0 saturated carbocycles. The number of benzene rings is 1. The molecule has 8 heteroatoms. The van der Waals surface area contributed by atoms with Crippen molar-refractivity contribution < 1.29 is 22.7 Å². The van der Waals surface area contributed by atoms with Gasteiger partial charge in [-0.25, -0.2) is 13.2 Å². The molecule has 1 atom stereocenters. The zero-order chi connectivity index (χ0) is 19.4. The molecule has 0 aromatic heterocycles. The third-order valence-electron chi connectivity index (χ3n) is 3.97. The fraction of sp³-hybridized carbons (Fsp3) is 0.556. The Morgan fingerprint density at radius 1 is 1.23 bits per heavy atom. The van der Waals surface area contributed by atoms with Gasteiger partial charge in [0.05, 0.1) is 5.75 Å². The predicted molar refractivity (Wildman–Crippen MR) is 98.5 cm³/mol. The van der Waals surface area contributed by atoms with E-state index in [2.05, 4.69) is 5.32 Å². The molecule has 1 saturated heterocycles. The number of amides is 2. The van der Waals surface area contributed by atoms with Gasteiger partial charge in [-0.15, -0.1) is 0 Å². The minimum Gasteiger partial charge on any atom is -0.444 e. The molecule has 0 bridgehead atoms. The van der Waals surface area contributed by atoms with E-state index in [0.29, 0.717) is 13.0 Å². The Bertz CT molecular complexity index is 741. The first-order chi connectivity index (χ1) is 12.1. The van der Waals surface area contributed by atoms with Crippen LogP contribution in [0.3, 0.4) is 0 Å². The summed E-state index contributed by atoms with van der Waals surface area (Å²) in [5, 5.41) is 1.40. The Morgan fingerprint density at radius 3 is 2.50 bits per heavy atom. The van der Waals surface area contributed by atoms with Crippen molar-refractivity contribution in [3.8, 4) is 0 Å².